The Morgan fingerprint density at radius 1 is 1.14 bits per heavy atom. The van der Waals surface area contributed by atoms with E-state index in [1.54, 1.807) is 4.68 Å². The highest BCUT2D eigenvalue weighted by atomic mass is 32.2. The van der Waals surface area contributed by atoms with Crippen molar-refractivity contribution in [3.63, 3.8) is 0 Å². The molecule has 0 atom stereocenters. The van der Waals surface area contributed by atoms with Gasteiger partial charge < -0.3 is 0 Å². The molecule has 2 aromatic rings. The Bertz CT molecular complexity index is 789. The second kappa shape index (κ2) is 5.21. The molecule has 0 aliphatic carbocycles. The van der Waals surface area contributed by atoms with Crippen molar-refractivity contribution in [1.82, 2.24) is 4.68 Å². The summed E-state index contributed by atoms with van der Waals surface area (Å²) < 4.78 is 24.7. The second-order valence-corrected chi connectivity index (χ2v) is 6.79. The Labute approximate surface area is 122 Å². The van der Waals surface area contributed by atoms with Gasteiger partial charge in [0, 0.05) is 23.7 Å². The van der Waals surface area contributed by atoms with E-state index < -0.39 is 14.8 Å². The molecule has 0 aliphatic heterocycles. The van der Waals surface area contributed by atoms with Crippen LogP contribution in [0.2, 0.25) is 0 Å². The smallest absolute Gasteiger partial charge is 0.288 e. The van der Waals surface area contributed by atoms with E-state index in [1.165, 1.54) is 12.1 Å². The van der Waals surface area contributed by atoms with Crippen LogP contribution < -0.4 is 5.43 Å². The van der Waals surface area contributed by atoms with E-state index >= 15 is 0 Å². The number of nitrogens with one attached hydrogen (secondary N) is 1. The fourth-order valence-corrected chi connectivity index (χ4v) is 2.59. The van der Waals surface area contributed by atoms with Crippen molar-refractivity contribution >= 4 is 21.2 Å². The molecule has 0 saturated carbocycles. The molecule has 0 unspecified atom stereocenters. The molecule has 1 heterocycles. The molecule has 7 nitrogen and oxygen atoms in total. The normalized spacial score (nSPS) is 11.4. The summed E-state index contributed by atoms with van der Waals surface area (Å²) in [6.07, 6.45) is 1.01. The van der Waals surface area contributed by atoms with Crippen molar-refractivity contribution in [2.45, 2.75) is 18.7 Å². The van der Waals surface area contributed by atoms with Crippen LogP contribution in [-0.4, -0.2) is 24.3 Å². The highest BCUT2D eigenvalue weighted by Gasteiger charge is 2.19. The van der Waals surface area contributed by atoms with Gasteiger partial charge in [-0.1, -0.05) is 0 Å². The molecule has 0 bridgehead atoms. The summed E-state index contributed by atoms with van der Waals surface area (Å²) in [5.41, 5.74) is 4.64. The third kappa shape index (κ3) is 3.05. The number of hydrogen-bond donors (Lipinski definition) is 1. The predicted molar refractivity (Wildman–Crippen MR) is 79.1 cm³/mol. The molecule has 0 fully saturated rings. The van der Waals surface area contributed by atoms with E-state index in [1.807, 2.05) is 26.0 Å². The summed E-state index contributed by atoms with van der Waals surface area (Å²) >= 11 is 0. The quantitative estimate of drug-likeness (QED) is 0.690. The number of rotatable bonds is 4. The van der Waals surface area contributed by atoms with Crippen LogP contribution in [0, 0.1) is 24.0 Å². The number of aryl methyl sites for hydroxylation is 2. The first kappa shape index (κ1) is 15.0. The Balaban J connectivity index is 2.52. The van der Waals surface area contributed by atoms with Crippen molar-refractivity contribution in [3.05, 3.63) is 51.8 Å². The molecule has 0 radical (unpaired) electrons. The molecule has 0 amide bonds. The maximum Gasteiger partial charge on any atom is 0.295 e. The Morgan fingerprint density at radius 2 is 1.71 bits per heavy atom. The third-order valence-electron chi connectivity index (χ3n) is 3.10. The zero-order chi connectivity index (χ0) is 15.8. The van der Waals surface area contributed by atoms with Gasteiger partial charge in [-0.15, -0.1) is 0 Å². The van der Waals surface area contributed by atoms with Crippen LogP contribution in [0.4, 0.5) is 11.4 Å². The lowest BCUT2D eigenvalue weighted by molar-refractivity contribution is -0.384. The fraction of sp³-hybridized carbons (Fsp3) is 0.231. The minimum atomic E-state index is -3.49. The van der Waals surface area contributed by atoms with Gasteiger partial charge in [0.25, 0.3) is 5.69 Å². The van der Waals surface area contributed by atoms with Crippen molar-refractivity contribution in [3.8, 4) is 0 Å². The lowest BCUT2D eigenvalue weighted by atomic mass is 10.3. The SMILES string of the molecule is Cc1ccc(C)n1Nc1ccc(S(C)(=O)=O)cc1[N+](=O)[O-]. The van der Waals surface area contributed by atoms with Crippen molar-refractivity contribution in [2.24, 2.45) is 0 Å². The number of sulfone groups is 1. The maximum atomic E-state index is 11.5. The first-order valence-corrected chi connectivity index (χ1v) is 8.00. The first-order chi connectivity index (χ1) is 9.70. The standard InChI is InChI=1S/C13H15N3O4S/c1-9-4-5-10(2)15(9)14-12-7-6-11(21(3,19)20)8-13(12)16(17)18/h4-8,14H,1-3H3. The van der Waals surface area contributed by atoms with Gasteiger partial charge in [0.2, 0.25) is 0 Å². The molecule has 0 aliphatic rings. The van der Waals surface area contributed by atoms with E-state index in [9.17, 15) is 18.5 Å². The average Bonchev–Trinajstić information content (AvgIpc) is 2.69. The minimum absolute atomic E-state index is 0.0827. The monoisotopic (exact) mass is 309 g/mol. The van der Waals surface area contributed by atoms with Crippen LogP contribution in [0.15, 0.2) is 35.2 Å². The van der Waals surface area contributed by atoms with Gasteiger partial charge in [-0.3, -0.25) is 20.2 Å². The van der Waals surface area contributed by atoms with Crippen LogP contribution in [0.25, 0.3) is 0 Å². The molecule has 1 aromatic heterocycles. The molecule has 21 heavy (non-hydrogen) atoms. The van der Waals surface area contributed by atoms with Crippen LogP contribution in [-0.2, 0) is 9.84 Å². The van der Waals surface area contributed by atoms with Crippen LogP contribution >= 0.6 is 0 Å². The van der Waals surface area contributed by atoms with Gasteiger partial charge in [-0.2, -0.15) is 0 Å². The van der Waals surface area contributed by atoms with E-state index in [0.717, 1.165) is 23.7 Å². The predicted octanol–water partition coefficient (Wildman–Crippen LogP) is 2.29. The topological polar surface area (TPSA) is 94.2 Å². The molecule has 112 valence electrons. The Hall–Kier alpha value is -2.35. The summed E-state index contributed by atoms with van der Waals surface area (Å²) in [4.78, 5) is 10.5. The minimum Gasteiger partial charge on any atom is -0.288 e. The zero-order valence-corrected chi connectivity index (χ0v) is 12.6. The Morgan fingerprint density at radius 3 is 2.19 bits per heavy atom. The number of anilines is 1. The number of benzene rings is 1. The van der Waals surface area contributed by atoms with E-state index in [2.05, 4.69) is 5.43 Å². The zero-order valence-electron chi connectivity index (χ0n) is 11.8. The summed E-state index contributed by atoms with van der Waals surface area (Å²) in [5.74, 6) is 0. The first-order valence-electron chi connectivity index (χ1n) is 6.10. The summed E-state index contributed by atoms with van der Waals surface area (Å²) in [6, 6.07) is 7.55. The van der Waals surface area contributed by atoms with Gasteiger partial charge >= 0.3 is 0 Å². The highest BCUT2D eigenvalue weighted by molar-refractivity contribution is 7.90. The lowest BCUT2D eigenvalue weighted by Crippen LogP contribution is -2.13. The molecule has 2 rings (SSSR count). The van der Waals surface area contributed by atoms with Crippen LogP contribution in [0.5, 0.6) is 0 Å². The molecule has 1 aromatic carbocycles. The van der Waals surface area contributed by atoms with E-state index in [4.69, 9.17) is 0 Å². The summed E-state index contributed by atoms with van der Waals surface area (Å²) in [6.45, 7) is 3.72. The number of nitrogens with zero attached hydrogens (tertiary/aromatic N) is 2. The van der Waals surface area contributed by atoms with Crippen LogP contribution in [0.3, 0.4) is 0 Å². The van der Waals surface area contributed by atoms with Gasteiger partial charge in [0.1, 0.15) is 5.69 Å². The molecular weight excluding hydrogens is 294 g/mol. The summed E-state index contributed by atoms with van der Waals surface area (Å²) in [7, 11) is -3.49. The number of hydrogen-bond acceptors (Lipinski definition) is 5. The van der Waals surface area contributed by atoms with Gasteiger partial charge in [0.15, 0.2) is 9.84 Å². The van der Waals surface area contributed by atoms with Gasteiger partial charge in [-0.05, 0) is 38.1 Å². The summed E-state index contributed by atoms with van der Waals surface area (Å²) in [5, 5.41) is 11.2. The molecule has 0 saturated heterocycles. The third-order valence-corrected chi connectivity index (χ3v) is 4.21. The fourth-order valence-electron chi connectivity index (χ4n) is 1.95. The van der Waals surface area contributed by atoms with Crippen LogP contribution in [0.1, 0.15) is 11.4 Å². The van der Waals surface area contributed by atoms with Gasteiger partial charge in [0.05, 0.1) is 9.82 Å². The number of nitro groups is 1. The van der Waals surface area contributed by atoms with Crippen molar-refractivity contribution < 1.29 is 13.3 Å². The Kier molecular flexibility index (Phi) is 3.73. The highest BCUT2D eigenvalue weighted by Crippen LogP contribution is 2.28. The number of aromatic nitrogens is 1. The van der Waals surface area contributed by atoms with E-state index in [0.29, 0.717) is 0 Å². The largest absolute Gasteiger partial charge is 0.295 e. The number of nitro benzene ring substituents is 1. The van der Waals surface area contributed by atoms with Crippen molar-refractivity contribution in [1.29, 1.82) is 0 Å². The van der Waals surface area contributed by atoms with Crippen molar-refractivity contribution in [2.75, 3.05) is 11.7 Å². The molecular formula is C13H15N3O4S. The molecule has 8 heteroatoms. The van der Waals surface area contributed by atoms with Gasteiger partial charge in [-0.25, -0.2) is 8.42 Å². The van der Waals surface area contributed by atoms with E-state index in [-0.39, 0.29) is 16.3 Å². The second-order valence-electron chi connectivity index (χ2n) is 4.77. The average molecular weight is 309 g/mol. The molecule has 0 spiro atoms. The molecule has 1 N–H and O–H groups in total. The maximum absolute atomic E-state index is 11.5. The lowest BCUT2D eigenvalue weighted by Gasteiger charge is -2.13.